The zero-order chi connectivity index (χ0) is 20.0. The van der Waals surface area contributed by atoms with Gasteiger partial charge in [-0.2, -0.15) is 0 Å². The summed E-state index contributed by atoms with van der Waals surface area (Å²) in [4.78, 5) is 23.2. The molecule has 2 aromatic rings. The number of alkyl carbamates (subject to hydrolysis) is 1. The highest BCUT2D eigenvalue weighted by Gasteiger charge is 2.25. The first-order valence-electron chi connectivity index (χ1n) is 8.30. The van der Waals surface area contributed by atoms with E-state index in [2.05, 4.69) is 15.5 Å². The zero-order valence-corrected chi connectivity index (χ0v) is 15.9. The molecular formula is C18H23N3O6. The van der Waals surface area contributed by atoms with Crippen LogP contribution in [0.3, 0.4) is 0 Å². The van der Waals surface area contributed by atoms with Crippen LogP contribution in [0.25, 0.3) is 0 Å². The first kappa shape index (κ1) is 20.2. The number of rotatable bonds is 6. The standard InChI is InChI=1S/C18H23N3O6/c1-11(22)25-17-21-20-15(26-17)14(19-16(23)27-18(2,3)4)10-12-6-8-13(24-5)9-7-12/h6-9,14H,10H2,1-5H3,(H,19,23)/t14-/m0/s1. The summed E-state index contributed by atoms with van der Waals surface area (Å²) in [5.74, 6) is 0.218. The molecule has 0 spiro atoms. The van der Waals surface area contributed by atoms with Crippen LogP contribution >= 0.6 is 0 Å². The Balaban J connectivity index is 2.20. The van der Waals surface area contributed by atoms with Crippen molar-refractivity contribution in [2.75, 3.05) is 7.11 Å². The van der Waals surface area contributed by atoms with Crippen LogP contribution in [0.4, 0.5) is 4.79 Å². The van der Waals surface area contributed by atoms with Gasteiger partial charge in [-0.1, -0.05) is 17.2 Å². The number of esters is 1. The Morgan fingerprint density at radius 3 is 2.41 bits per heavy atom. The van der Waals surface area contributed by atoms with E-state index in [1.807, 2.05) is 12.1 Å². The van der Waals surface area contributed by atoms with Crippen molar-refractivity contribution in [1.82, 2.24) is 15.5 Å². The second-order valence-electron chi connectivity index (χ2n) is 6.75. The molecule has 1 atom stereocenters. The van der Waals surface area contributed by atoms with Gasteiger partial charge in [-0.05, 0) is 38.5 Å². The number of methoxy groups -OCH3 is 1. The largest absolute Gasteiger partial charge is 0.497 e. The first-order chi connectivity index (χ1) is 12.7. The molecule has 146 valence electrons. The molecule has 0 aliphatic carbocycles. The maximum atomic E-state index is 12.2. The SMILES string of the molecule is COc1ccc(C[C@H](NC(=O)OC(C)(C)C)c2nnc(OC(C)=O)o2)cc1. The van der Waals surface area contributed by atoms with Crippen LogP contribution in [0.15, 0.2) is 28.7 Å². The molecule has 1 aromatic carbocycles. The van der Waals surface area contributed by atoms with Crippen molar-refractivity contribution >= 4 is 12.1 Å². The van der Waals surface area contributed by atoms with Gasteiger partial charge in [-0.3, -0.25) is 4.79 Å². The quantitative estimate of drug-likeness (QED) is 0.765. The topological polar surface area (TPSA) is 113 Å². The number of nitrogens with zero attached hydrogens (tertiary/aromatic N) is 2. The van der Waals surface area contributed by atoms with Crippen LogP contribution < -0.4 is 14.8 Å². The van der Waals surface area contributed by atoms with Gasteiger partial charge in [-0.15, -0.1) is 5.10 Å². The second-order valence-corrected chi connectivity index (χ2v) is 6.75. The molecule has 1 aromatic heterocycles. The van der Waals surface area contributed by atoms with Gasteiger partial charge in [0.25, 0.3) is 0 Å². The van der Waals surface area contributed by atoms with Crippen molar-refractivity contribution in [2.24, 2.45) is 0 Å². The number of carbonyl (C=O) groups excluding carboxylic acids is 2. The molecule has 9 heteroatoms. The Kier molecular flexibility index (Phi) is 6.38. The van der Waals surface area contributed by atoms with Gasteiger partial charge >= 0.3 is 18.1 Å². The van der Waals surface area contributed by atoms with Crippen LogP contribution in [0.2, 0.25) is 0 Å². The van der Waals surface area contributed by atoms with Crippen LogP contribution in [0, 0.1) is 0 Å². The normalized spacial score (nSPS) is 12.2. The molecule has 27 heavy (non-hydrogen) atoms. The molecule has 0 unspecified atom stereocenters. The molecular weight excluding hydrogens is 354 g/mol. The van der Waals surface area contributed by atoms with Gasteiger partial charge in [0.15, 0.2) is 0 Å². The van der Waals surface area contributed by atoms with Gasteiger partial charge in [0.1, 0.15) is 17.4 Å². The maximum absolute atomic E-state index is 12.2. The predicted octanol–water partition coefficient (Wildman–Crippen LogP) is 2.81. The van der Waals surface area contributed by atoms with Crippen molar-refractivity contribution in [1.29, 1.82) is 0 Å². The number of aromatic nitrogens is 2. The number of hydrogen-bond acceptors (Lipinski definition) is 8. The minimum Gasteiger partial charge on any atom is -0.497 e. The number of amides is 1. The number of carbonyl (C=O) groups is 2. The van der Waals surface area contributed by atoms with E-state index in [1.165, 1.54) is 6.92 Å². The summed E-state index contributed by atoms with van der Waals surface area (Å²) < 4.78 is 20.5. The lowest BCUT2D eigenvalue weighted by Gasteiger charge is -2.22. The summed E-state index contributed by atoms with van der Waals surface area (Å²) in [6.07, 6.45) is -0.568. The van der Waals surface area contributed by atoms with E-state index < -0.39 is 23.7 Å². The molecule has 0 aliphatic rings. The summed E-state index contributed by atoms with van der Waals surface area (Å²) in [6.45, 7) is 6.50. The highest BCUT2D eigenvalue weighted by atomic mass is 16.6. The minimum atomic E-state index is -0.676. The second kappa shape index (κ2) is 8.52. The molecule has 1 N–H and O–H groups in total. The third-order valence-electron chi connectivity index (χ3n) is 3.24. The summed E-state index contributed by atoms with van der Waals surface area (Å²) in [6, 6.07) is 6.64. The first-order valence-corrected chi connectivity index (χ1v) is 8.30. The van der Waals surface area contributed by atoms with Gasteiger partial charge in [0, 0.05) is 13.3 Å². The molecule has 2 rings (SSSR count). The van der Waals surface area contributed by atoms with Crippen molar-refractivity contribution in [3.63, 3.8) is 0 Å². The van der Waals surface area contributed by atoms with Crippen molar-refractivity contribution in [3.05, 3.63) is 35.7 Å². The fourth-order valence-electron chi connectivity index (χ4n) is 2.17. The van der Waals surface area contributed by atoms with E-state index in [-0.39, 0.29) is 12.0 Å². The third kappa shape index (κ3) is 6.61. The molecule has 0 bridgehead atoms. The Bertz CT molecular complexity index is 779. The smallest absolute Gasteiger partial charge is 0.422 e. The zero-order valence-electron chi connectivity index (χ0n) is 15.9. The van der Waals surface area contributed by atoms with E-state index in [1.54, 1.807) is 40.0 Å². The monoisotopic (exact) mass is 377 g/mol. The number of benzene rings is 1. The molecule has 0 saturated heterocycles. The molecule has 0 saturated carbocycles. The highest BCUT2D eigenvalue weighted by molar-refractivity contribution is 5.68. The van der Waals surface area contributed by atoms with Gasteiger partial charge in [-0.25, -0.2) is 4.79 Å². The molecule has 1 amide bonds. The summed E-state index contributed by atoms with van der Waals surface area (Å²) >= 11 is 0. The maximum Gasteiger partial charge on any atom is 0.422 e. The van der Waals surface area contributed by atoms with E-state index in [0.29, 0.717) is 12.2 Å². The number of ether oxygens (including phenoxy) is 3. The Morgan fingerprint density at radius 2 is 1.85 bits per heavy atom. The Morgan fingerprint density at radius 1 is 1.19 bits per heavy atom. The van der Waals surface area contributed by atoms with Crippen molar-refractivity contribution < 1.29 is 28.2 Å². The van der Waals surface area contributed by atoms with E-state index in [9.17, 15) is 9.59 Å². The minimum absolute atomic E-state index is 0.0907. The number of hydrogen-bond donors (Lipinski definition) is 1. The lowest BCUT2D eigenvalue weighted by molar-refractivity contribution is -0.133. The molecule has 0 radical (unpaired) electrons. The Hall–Kier alpha value is -3.10. The van der Waals surface area contributed by atoms with Crippen LogP contribution in [0.1, 0.15) is 45.2 Å². The average molecular weight is 377 g/mol. The molecule has 0 aliphatic heterocycles. The van der Waals surface area contributed by atoms with Gasteiger partial charge in [0.2, 0.25) is 5.89 Å². The van der Waals surface area contributed by atoms with E-state index in [4.69, 9.17) is 18.6 Å². The van der Waals surface area contributed by atoms with E-state index >= 15 is 0 Å². The van der Waals surface area contributed by atoms with Gasteiger partial charge in [0.05, 0.1) is 7.11 Å². The molecule has 1 heterocycles. The lowest BCUT2D eigenvalue weighted by atomic mass is 10.1. The van der Waals surface area contributed by atoms with Crippen molar-refractivity contribution in [2.45, 2.75) is 45.8 Å². The van der Waals surface area contributed by atoms with Crippen molar-refractivity contribution in [3.8, 4) is 11.8 Å². The summed E-state index contributed by atoms with van der Waals surface area (Å²) in [5.41, 5.74) is 0.232. The lowest BCUT2D eigenvalue weighted by Crippen LogP contribution is -2.36. The molecule has 0 fully saturated rings. The summed E-state index contributed by atoms with van der Waals surface area (Å²) in [5, 5.41) is 10.2. The predicted molar refractivity (Wildman–Crippen MR) is 94.4 cm³/mol. The summed E-state index contributed by atoms with van der Waals surface area (Å²) in [7, 11) is 1.58. The molecule has 9 nitrogen and oxygen atoms in total. The average Bonchev–Trinajstić information content (AvgIpc) is 3.01. The fourth-order valence-corrected chi connectivity index (χ4v) is 2.17. The van der Waals surface area contributed by atoms with E-state index in [0.717, 1.165) is 5.56 Å². The number of nitrogens with one attached hydrogen (secondary N) is 1. The third-order valence-corrected chi connectivity index (χ3v) is 3.24. The van der Waals surface area contributed by atoms with Gasteiger partial charge < -0.3 is 23.9 Å². The van der Waals surface area contributed by atoms with Crippen LogP contribution in [-0.2, 0) is 16.0 Å². The fraction of sp³-hybridized carbons (Fsp3) is 0.444. The van der Waals surface area contributed by atoms with Crippen LogP contribution in [0.5, 0.6) is 11.8 Å². The van der Waals surface area contributed by atoms with Crippen LogP contribution in [-0.4, -0.2) is 35.0 Å². The highest BCUT2D eigenvalue weighted by Crippen LogP contribution is 2.22. The Labute approximate surface area is 157 Å².